The molecule has 1 heterocycles. The zero-order valence-corrected chi connectivity index (χ0v) is 15.1. The lowest BCUT2D eigenvalue weighted by Gasteiger charge is -2.42. The predicted octanol–water partition coefficient (Wildman–Crippen LogP) is 3.53. The molecule has 0 bridgehead atoms. The lowest BCUT2D eigenvalue weighted by Crippen LogP contribution is -2.54. The molecular weight excluding hydrogens is 357 g/mol. The van der Waals surface area contributed by atoms with Gasteiger partial charge in [0.15, 0.2) is 0 Å². The minimum Gasteiger partial charge on any atom is -0.406 e. The number of piperidine rings is 1. The molecule has 1 fully saturated rings. The first-order valence-corrected chi connectivity index (χ1v) is 7.95. The number of carbonyl (C=O) groups excluding carboxylic acids is 1. The van der Waals surface area contributed by atoms with E-state index in [-0.39, 0.29) is 35.5 Å². The van der Waals surface area contributed by atoms with Crippen LogP contribution in [0.15, 0.2) is 24.3 Å². The molecule has 0 aromatic heterocycles. The van der Waals surface area contributed by atoms with Crippen molar-refractivity contribution in [1.82, 2.24) is 4.90 Å². The summed E-state index contributed by atoms with van der Waals surface area (Å²) in [4.78, 5) is 14.2. The summed E-state index contributed by atoms with van der Waals surface area (Å²) >= 11 is 0. The van der Waals surface area contributed by atoms with Crippen molar-refractivity contribution in [3.63, 3.8) is 0 Å². The lowest BCUT2D eigenvalue weighted by atomic mass is 9.79. The fraction of sp³-hybridized carbons (Fsp3) is 0.588. The highest BCUT2D eigenvalue weighted by atomic mass is 35.5. The molecule has 0 radical (unpaired) electrons. The third kappa shape index (κ3) is 6.40. The number of amides is 1. The Morgan fingerprint density at radius 1 is 1.32 bits per heavy atom. The van der Waals surface area contributed by atoms with Crippen LogP contribution in [-0.4, -0.2) is 36.3 Å². The molecule has 1 amide bonds. The standard InChI is InChI=1S/C17H23F3N2O2.ClH/c1-16(2)11-22(10-9-14(16)21)15(23)8-5-12-3-6-13(7-4-12)24-17(18,19)20;/h3-4,6-7,14H,5,8-11,21H2,1-2H3;1H. The SMILES string of the molecule is CC1(C)CN(C(=O)CCc2ccc(OC(F)(F)F)cc2)CCC1N.Cl. The Kier molecular flexibility index (Phi) is 7.14. The topological polar surface area (TPSA) is 55.6 Å². The van der Waals surface area contributed by atoms with Crippen LogP contribution in [0.25, 0.3) is 0 Å². The molecule has 1 aliphatic heterocycles. The van der Waals surface area contributed by atoms with Crippen LogP contribution < -0.4 is 10.5 Å². The molecule has 8 heteroatoms. The molecule has 1 saturated heterocycles. The Labute approximate surface area is 151 Å². The van der Waals surface area contributed by atoms with Gasteiger partial charge in [0.2, 0.25) is 5.91 Å². The van der Waals surface area contributed by atoms with Gasteiger partial charge in [-0.15, -0.1) is 25.6 Å². The van der Waals surface area contributed by atoms with Crippen LogP contribution in [0.1, 0.15) is 32.3 Å². The number of nitrogens with zero attached hydrogens (tertiary/aromatic N) is 1. The molecular formula is C17H24ClF3N2O2. The molecule has 1 aromatic rings. The van der Waals surface area contributed by atoms with E-state index in [4.69, 9.17) is 5.73 Å². The highest BCUT2D eigenvalue weighted by molar-refractivity contribution is 5.85. The molecule has 1 aromatic carbocycles. The number of aryl methyl sites for hydroxylation is 1. The fourth-order valence-electron chi connectivity index (χ4n) is 2.85. The van der Waals surface area contributed by atoms with Gasteiger partial charge in [-0.1, -0.05) is 26.0 Å². The number of carbonyl (C=O) groups is 1. The number of hydrogen-bond donors (Lipinski definition) is 1. The van der Waals surface area contributed by atoms with E-state index >= 15 is 0 Å². The van der Waals surface area contributed by atoms with Crippen molar-refractivity contribution in [3.8, 4) is 5.75 Å². The quantitative estimate of drug-likeness (QED) is 0.869. The minimum absolute atomic E-state index is 0. The maximum Gasteiger partial charge on any atom is 0.573 e. The van der Waals surface area contributed by atoms with E-state index in [1.165, 1.54) is 12.1 Å². The summed E-state index contributed by atoms with van der Waals surface area (Å²) in [6.45, 7) is 5.39. The number of likely N-dealkylation sites (tertiary alicyclic amines) is 1. The predicted molar refractivity (Wildman–Crippen MR) is 91.6 cm³/mol. The van der Waals surface area contributed by atoms with E-state index in [0.29, 0.717) is 25.9 Å². The van der Waals surface area contributed by atoms with Crippen LogP contribution in [0.2, 0.25) is 0 Å². The van der Waals surface area contributed by atoms with E-state index < -0.39 is 6.36 Å². The highest BCUT2D eigenvalue weighted by Gasteiger charge is 2.35. The van der Waals surface area contributed by atoms with Crippen molar-refractivity contribution < 1.29 is 22.7 Å². The first-order chi connectivity index (χ1) is 11.1. The molecule has 2 rings (SSSR count). The molecule has 1 atom stereocenters. The summed E-state index contributed by atoms with van der Waals surface area (Å²) < 4.78 is 40.2. The van der Waals surface area contributed by atoms with Gasteiger partial charge in [-0.3, -0.25) is 4.79 Å². The minimum atomic E-state index is -4.70. The van der Waals surface area contributed by atoms with Gasteiger partial charge < -0.3 is 15.4 Å². The molecule has 0 aliphatic carbocycles. The normalized spacial score (nSPS) is 19.9. The zero-order valence-electron chi connectivity index (χ0n) is 14.3. The van der Waals surface area contributed by atoms with E-state index in [9.17, 15) is 18.0 Å². The largest absolute Gasteiger partial charge is 0.573 e. The number of ether oxygens (including phenoxy) is 1. The van der Waals surface area contributed by atoms with Crippen molar-refractivity contribution in [2.75, 3.05) is 13.1 Å². The Morgan fingerprint density at radius 2 is 1.92 bits per heavy atom. The second kappa shape index (κ2) is 8.27. The van der Waals surface area contributed by atoms with Gasteiger partial charge in [0.25, 0.3) is 0 Å². The van der Waals surface area contributed by atoms with Crippen LogP contribution in [0.4, 0.5) is 13.2 Å². The molecule has 4 nitrogen and oxygen atoms in total. The summed E-state index contributed by atoms with van der Waals surface area (Å²) in [7, 11) is 0. The van der Waals surface area contributed by atoms with Crippen molar-refractivity contribution in [3.05, 3.63) is 29.8 Å². The van der Waals surface area contributed by atoms with Crippen LogP contribution in [-0.2, 0) is 11.2 Å². The van der Waals surface area contributed by atoms with Crippen LogP contribution in [0, 0.1) is 5.41 Å². The molecule has 142 valence electrons. The van der Waals surface area contributed by atoms with Crippen molar-refractivity contribution >= 4 is 18.3 Å². The molecule has 0 saturated carbocycles. The summed E-state index contributed by atoms with van der Waals surface area (Å²) in [6.07, 6.45) is -3.11. The number of benzene rings is 1. The molecule has 2 N–H and O–H groups in total. The number of rotatable bonds is 4. The average molecular weight is 381 g/mol. The first kappa shape index (κ1) is 21.6. The van der Waals surface area contributed by atoms with Gasteiger partial charge in [0.05, 0.1) is 0 Å². The molecule has 1 aliphatic rings. The van der Waals surface area contributed by atoms with Gasteiger partial charge in [0.1, 0.15) is 5.75 Å². The second-order valence-electron chi connectivity index (χ2n) is 6.89. The molecule has 25 heavy (non-hydrogen) atoms. The summed E-state index contributed by atoms with van der Waals surface area (Å²) in [6, 6.07) is 5.70. The van der Waals surface area contributed by atoms with Gasteiger partial charge in [-0.25, -0.2) is 0 Å². The maximum atomic E-state index is 12.3. The van der Waals surface area contributed by atoms with Crippen LogP contribution in [0.3, 0.4) is 0 Å². The van der Waals surface area contributed by atoms with Gasteiger partial charge >= 0.3 is 6.36 Å². The second-order valence-corrected chi connectivity index (χ2v) is 6.89. The van der Waals surface area contributed by atoms with Crippen molar-refractivity contribution in [2.45, 2.75) is 45.5 Å². The fourth-order valence-corrected chi connectivity index (χ4v) is 2.85. The van der Waals surface area contributed by atoms with Crippen LogP contribution >= 0.6 is 12.4 Å². The number of alkyl halides is 3. The smallest absolute Gasteiger partial charge is 0.406 e. The number of nitrogens with two attached hydrogens (primary N) is 1. The zero-order chi connectivity index (χ0) is 18.0. The third-order valence-corrected chi connectivity index (χ3v) is 4.45. The van der Waals surface area contributed by atoms with Crippen molar-refractivity contribution in [1.29, 1.82) is 0 Å². The summed E-state index contributed by atoms with van der Waals surface area (Å²) in [5.41, 5.74) is 6.76. The maximum absolute atomic E-state index is 12.3. The molecule has 0 spiro atoms. The van der Waals surface area contributed by atoms with E-state index in [1.807, 2.05) is 4.90 Å². The van der Waals surface area contributed by atoms with E-state index in [2.05, 4.69) is 18.6 Å². The monoisotopic (exact) mass is 380 g/mol. The van der Waals surface area contributed by atoms with Gasteiger partial charge in [-0.05, 0) is 36.0 Å². The lowest BCUT2D eigenvalue weighted by molar-refractivity contribution is -0.274. The molecule has 1 unspecified atom stereocenters. The van der Waals surface area contributed by atoms with Crippen molar-refractivity contribution in [2.24, 2.45) is 11.1 Å². The first-order valence-electron chi connectivity index (χ1n) is 7.95. The van der Waals surface area contributed by atoms with E-state index in [1.54, 1.807) is 12.1 Å². The highest BCUT2D eigenvalue weighted by Crippen LogP contribution is 2.28. The average Bonchev–Trinajstić information content (AvgIpc) is 2.47. The number of halogens is 4. The van der Waals surface area contributed by atoms with Gasteiger partial charge in [-0.2, -0.15) is 0 Å². The van der Waals surface area contributed by atoms with Crippen LogP contribution in [0.5, 0.6) is 5.75 Å². The third-order valence-electron chi connectivity index (χ3n) is 4.45. The Bertz CT molecular complexity index is 576. The Balaban J connectivity index is 0.00000312. The van der Waals surface area contributed by atoms with E-state index in [0.717, 1.165) is 12.0 Å². The summed E-state index contributed by atoms with van der Waals surface area (Å²) in [5, 5.41) is 0. The Morgan fingerprint density at radius 3 is 2.44 bits per heavy atom. The summed E-state index contributed by atoms with van der Waals surface area (Å²) in [5.74, 6) is -0.213. The Hall–Kier alpha value is -1.47. The van der Waals surface area contributed by atoms with Gasteiger partial charge in [0, 0.05) is 25.6 Å². The number of hydrogen-bond acceptors (Lipinski definition) is 3.